The summed E-state index contributed by atoms with van der Waals surface area (Å²) in [6.45, 7) is 8.43. The molecule has 0 aromatic heterocycles. The Morgan fingerprint density at radius 2 is 2.19 bits per heavy atom. The van der Waals surface area contributed by atoms with Gasteiger partial charge in [0.2, 0.25) is 0 Å². The van der Waals surface area contributed by atoms with Crippen molar-refractivity contribution in [1.29, 1.82) is 0 Å². The average molecular weight is 218 g/mol. The van der Waals surface area contributed by atoms with Crippen molar-refractivity contribution in [2.75, 3.05) is 37.7 Å². The molecule has 1 saturated heterocycles. The zero-order valence-corrected chi connectivity index (χ0v) is 9.48. The van der Waals surface area contributed by atoms with Crippen molar-refractivity contribution in [2.24, 2.45) is 0 Å². The van der Waals surface area contributed by atoms with Crippen LogP contribution < -0.4 is 15.0 Å². The number of nitrogens with zero attached hydrogens (tertiary/aromatic N) is 1. The lowest BCUT2D eigenvalue weighted by Crippen LogP contribution is -2.43. The number of nitrogens with one attached hydrogen (secondary N) is 1. The third-order valence-electron chi connectivity index (χ3n) is 2.67. The topological polar surface area (TPSA) is 24.5 Å². The van der Waals surface area contributed by atoms with E-state index in [1.165, 1.54) is 5.69 Å². The van der Waals surface area contributed by atoms with Crippen LogP contribution >= 0.6 is 0 Å². The molecule has 0 aliphatic carbocycles. The van der Waals surface area contributed by atoms with Crippen LogP contribution in [-0.2, 0) is 0 Å². The molecule has 1 N–H and O–H groups in total. The first-order valence-electron chi connectivity index (χ1n) is 5.69. The van der Waals surface area contributed by atoms with Crippen LogP contribution in [0.15, 0.2) is 36.9 Å². The fourth-order valence-corrected chi connectivity index (χ4v) is 1.85. The van der Waals surface area contributed by atoms with Crippen LogP contribution in [0.3, 0.4) is 0 Å². The summed E-state index contributed by atoms with van der Waals surface area (Å²) in [5, 5.41) is 3.35. The number of piperazine rings is 1. The fourth-order valence-electron chi connectivity index (χ4n) is 1.85. The van der Waals surface area contributed by atoms with Gasteiger partial charge < -0.3 is 15.0 Å². The van der Waals surface area contributed by atoms with Crippen molar-refractivity contribution >= 4 is 5.69 Å². The normalized spacial score (nSPS) is 15.9. The van der Waals surface area contributed by atoms with Crippen LogP contribution in [0, 0.1) is 0 Å². The molecule has 0 unspecified atom stereocenters. The summed E-state index contributed by atoms with van der Waals surface area (Å²) in [5.74, 6) is 0.913. The van der Waals surface area contributed by atoms with Crippen LogP contribution in [0.5, 0.6) is 5.75 Å². The lowest BCUT2D eigenvalue weighted by atomic mass is 10.2. The van der Waals surface area contributed by atoms with E-state index in [-0.39, 0.29) is 0 Å². The molecule has 0 radical (unpaired) electrons. The number of hydrogen-bond donors (Lipinski definition) is 1. The van der Waals surface area contributed by atoms with Gasteiger partial charge in [0.15, 0.2) is 0 Å². The molecule has 0 bridgehead atoms. The molecule has 1 aliphatic rings. The quantitative estimate of drug-likeness (QED) is 0.778. The van der Waals surface area contributed by atoms with Crippen molar-refractivity contribution in [3.05, 3.63) is 36.9 Å². The summed E-state index contributed by atoms with van der Waals surface area (Å²) < 4.78 is 5.53. The second kappa shape index (κ2) is 5.56. The second-order valence-corrected chi connectivity index (χ2v) is 3.83. The minimum absolute atomic E-state index is 0.561. The van der Waals surface area contributed by atoms with Crippen LogP contribution in [0.2, 0.25) is 0 Å². The maximum absolute atomic E-state index is 5.53. The van der Waals surface area contributed by atoms with Crippen molar-refractivity contribution in [3.8, 4) is 5.75 Å². The lowest BCUT2D eigenvalue weighted by Gasteiger charge is -2.29. The van der Waals surface area contributed by atoms with E-state index < -0.39 is 0 Å². The summed E-state index contributed by atoms with van der Waals surface area (Å²) in [4.78, 5) is 2.37. The third kappa shape index (κ3) is 2.76. The molecule has 1 heterocycles. The van der Waals surface area contributed by atoms with E-state index in [0.29, 0.717) is 6.61 Å². The Labute approximate surface area is 96.7 Å². The monoisotopic (exact) mass is 218 g/mol. The predicted octanol–water partition coefficient (Wildman–Crippen LogP) is 1.66. The summed E-state index contributed by atoms with van der Waals surface area (Å²) in [7, 11) is 0. The maximum atomic E-state index is 5.53. The molecule has 1 aliphatic heterocycles. The van der Waals surface area contributed by atoms with Gasteiger partial charge in [0.25, 0.3) is 0 Å². The highest BCUT2D eigenvalue weighted by molar-refractivity contribution is 5.51. The second-order valence-electron chi connectivity index (χ2n) is 3.83. The van der Waals surface area contributed by atoms with Crippen molar-refractivity contribution in [1.82, 2.24) is 5.32 Å². The summed E-state index contributed by atoms with van der Waals surface area (Å²) in [5.41, 5.74) is 1.24. The molecular formula is C13H18N2O. The fraction of sp³-hybridized carbons (Fsp3) is 0.385. The van der Waals surface area contributed by atoms with E-state index in [9.17, 15) is 0 Å². The first kappa shape index (κ1) is 11.0. The number of rotatable bonds is 4. The van der Waals surface area contributed by atoms with E-state index in [0.717, 1.165) is 31.9 Å². The highest BCUT2D eigenvalue weighted by atomic mass is 16.5. The zero-order valence-electron chi connectivity index (χ0n) is 9.48. The van der Waals surface area contributed by atoms with E-state index in [4.69, 9.17) is 4.74 Å². The Bertz CT molecular complexity index is 346. The predicted molar refractivity (Wildman–Crippen MR) is 67.2 cm³/mol. The molecule has 2 rings (SSSR count). The largest absolute Gasteiger partial charge is 0.489 e. The average Bonchev–Trinajstić information content (AvgIpc) is 2.38. The number of benzene rings is 1. The molecule has 0 saturated carbocycles. The highest BCUT2D eigenvalue weighted by Crippen LogP contribution is 2.21. The van der Waals surface area contributed by atoms with Crippen molar-refractivity contribution in [3.63, 3.8) is 0 Å². The molecule has 3 heteroatoms. The molecule has 1 aromatic carbocycles. The standard InChI is InChI=1S/C13H18N2O/c1-2-10-16-13-5-3-4-12(11-13)15-8-6-14-7-9-15/h2-5,11,14H,1,6-10H2. The Morgan fingerprint density at radius 1 is 1.38 bits per heavy atom. The molecule has 1 aromatic rings. The van der Waals surface area contributed by atoms with Gasteiger partial charge in [0.05, 0.1) is 0 Å². The Morgan fingerprint density at radius 3 is 2.94 bits per heavy atom. The number of ether oxygens (including phenoxy) is 1. The zero-order chi connectivity index (χ0) is 11.2. The summed E-state index contributed by atoms with van der Waals surface area (Å²) in [6.07, 6.45) is 1.76. The van der Waals surface area contributed by atoms with Gasteiger partial charge in [0, 0.05) is 37.9 Å². The molecule has 16 heavy (non-hydrogen) atoms. The molecule has 0 amide bonds. The number of anilines is 1. The summed E-state index contributed by atoms with van der Waals surface area (Å²) >= 11 is 0. The van der Waals surface area contributed by atoms with Gasteiger partial charge in [-0.2, -0.15) is 0 Å². The first-order valence-corrected chi connectivity index (χ1v) is 5.69. The van der Waals surface area contributed by atoms with E-state index in [1.54, 1.807) is 6.08 Å². The molecule has 0 spiro atoms. The Hall–Kier alpha value is -1.48. The Balaban J connectivity index is 2.05. The molecular weight excluding hydrogens is 200 g/mol. The van der Waals surface area contributed by atoms with Gasteiger partial charge >= 0.3 is 0 Å². The smallest absolute Gasteiger partial charge is 0.121 e. The van der Waals surface area contributed by atoms with Gasteiger partial charge in [-0.05, 0) is 12.1 Å². The van der Waals surface area contributed by atoms with Crippen LogP contribution in [-0.4, -0.2) is 32.8 Å². The lowest BCUT2D eigenvalue weighted by molar-refractivity contribution is 0.363. The van der Waals surface area contributed by atoms with Crippen LogP contribution in [0.1, 0.15) is 0 Å². The third-order valence-corrected chi connectivity index (χ3v) is 2.67. The van der Waals surface area contributed by atoms with E-state index in [1.807, 2.05) is 12.1 Å². The molecule has 1 fully saturated rings. The van der Waals surface area contributed by atoms with E-state index in [2.05, 4.69) is 28.9 Å². The number of hydrogen-bond acceptors (Lipinski definition) is 3. The van der Waals surface area contributed by atoms with Crippen molar-refractivity contribution < 1.29 is 4.74 Å². The molecule has 86 valence electrons. The minimum atomic E-state index is 0.561. The minimum Gasteiger partial charge on any atom is -0.489 e. The first-order chi connectivity index (χ1) is 7.90. The Kier molecular flexibility index (Phi) is 3.83. The maximum Gasteiger partial charge on any atom is 0.121 e. The molecule has 3 nitrogen and oxygen atoms in total. The summed E-state index contributed by atoms with van der Waals surface area (Å²) in [6, 6.07) is 8.24. The van der Waals surface area contributed by atoms with Crippen LogP contribution in [0.25, 0.3) is 0 Å². The van der Waals surface area contributed by atoms with Gasteiger partial charge in [-0.15, -0.1) is 0 Å². The SMILES string of the molecule is C=CCOc1cccc(N2CCNCC2)c1. The van der Waals surface area contributed by atoms with Gasteiger partial charge in [0.1, 0.15) is 12.4 Å². The van der Waals surface area contributed by atoms with E-state index >= 15 is 0 Å². The highest BCUT2D eigenvalue weighted by Gasteiger charge is 2.10. The van der Waals surface area contributed by atoms with Gasteiger partial charge in [-0.3, -0.25) is 0 Å². The molecule has 0 atom stereocenters. The van der Waals surface area contributed by atoms with Gasteiger partial charge in [-0.1, -0.05) is 18.7 Å². The van der Waals surface area contributed by atoms with Crippen LogP contribution in [0.4, 0.5) is 5.69 Å². The van der Waals surface area contributed by atoms with Gasteiger partial charge in [-0.25, -0.2) is 0 Å². The van der Waals surface area contributed by atoms with Crippen molar-refractivity contribution in [2.45, 2.75) is 0 Å².